The summed E-state index contributed by atoms with van der Waals surface area (Å²) in [5.74, 6) is -0.0770. The van der Waals surface area contributed by atoms with Gasteiger partial charge in [-0.05, 0) is 38.1 Å². The molecule has 1 unspecified atom stereocenters. The Morgan fingerprint density at radius 2 is 2.10 bits per heavy atom. The van der Waals surface area contributed by atoms with E-state index in [0.717, 1.165) is 13.0 Å². The first kappa shape index (κ1) is 14.5. The second-order valence-corrected chi connectivity index (χ2v) is 5.72. The molecule has 5 heteroatoms. The SMILES string of the molecule is CN(C)C(=O)c1cccc(NC(=O)C2(C)CCNC2)c1. The molecule has 1 aliphatic heterocycles. The van der Waals surface area contributed by atoms with Crippen LogP contribution in [0.4, 0.5) is 5.69 Å². The van der Waals surface area contributed by atoms with E-state index in [9.17, 15) is 9.59 Å². The zero-order valence-electron chi connectivity index (χ0n) is 12.2. The van der Waals surface area contributed by atoms with Gasteiger partial charge in [-0.15, -0.1) is 0 Å². The standard InChI is InChI=1S/C15H21N3O2/c1-15(7-8-16-10-15)14(20)17-12-6-4-5-11(9-12)13(19)18(2)3/h4-6,9,16H,7-8,10H2,1-3H3,(H,17,20). The van der Waals surface area contributed by atoms with Crippen LogP contribution >= 0.6 is 0 Å². The summed E-state index contributed by atoms with van der Waals surface area (Å²) in [4.78, 5) is 25.7. The molecule has 1 aromatic rings. The lowest BCUT2D eigenvalue weighted by Crippen LogP contribution is -2.35. The Kier molecular flexibility index (Phi) is 4.09. The van der Waals surface area contributed by atoms with Crippen molar-refractivity contribution in [2.75, 3.05) is 32.5 Å². The highest BCUT2D eigenvalue weighted by atomic mass is 16.2. The molecule has 1 atom stereocenters. The zero-order chi connectivity index (χ0) is 14.8. The molecule has 108 valence electrons. The highest BCUT2D eigenvalue weighted by Gasteiger charge is 2.36. The number of nitrogens with one attached hydrogen (secondary N) is 2. The van der Waals surface area contributed by atoms with E-state index >= 15 is 0 Å². The minimum absolute atomic E-state index is 0.00282. The molecular weight excluding hydrogens is 254 g/mol. The molecule has 2 rings (SSSR count). The highest BCUT2D eigenvalue weighted by Crippen LogP contribution is 2.26. The van der Waals surface area contributed by atoms with Crippen molar-refractivity contribution in [2.45, 2.75) is 13.3 Å². The Morgan fingerprint density at radius 3 is 2.70 bits per heavy atom. The first-order chi connectivity index (χ1) is 9.42. The topological polar surface area (TPSA) is 61.4 Å². The average molecular weight is 275 g/mol. The minimum Gasteiger partial charge on any atom is -0.345 e. The number of carbonyl (C=O) groups is 2. The number of rotatable bonds is 3. The number of hydrogen-bond donors (Lipinski definition) is 2. The molecule has 0 aromatic heterocycles. The van der Waals surface area contributed by atoms with E-state index in [1.165, 1.54) is 4.90 Å². The molecule has 0 aliphatic carbocycles. The van der Waals surface area contributed by atoms with Crippen molar-refractivity contribution in [3.63, 3.8) is 0 Å². The fraction of sp³-hybridized carbons (Fsp3) is 0.467. The molecule has 0 bridgehead atoms. The van der Waals surface area contributed by atoms with Crippen LogP contribution in [0.25, 0.3) is 0 Å². The molecule has 1 saturated heterocycles. The number of hydrogen-bond acceptors (Lipinski definition) is 3. The molecule has 1 heterocycles. The summed E-state index contributed by atoms with van der Waals surface area (Å²) in [7, 11) is 3.41. The van der Waals surface area contributed by atoms with E-state index in [1.807, 2.05) is 6.92 Å². The molecule has 1 fully saturated rings. The summed E-state index contributed by atoms with van der Waals surface area (Å²) >= 11 is 0. The van der Waals surface area contributed by atoms with Crippen LogP contribution in [0, 0.1) is 5.41 Å². The summed E-state index contributed by atoms with van der Waals surface area (Å²) in [6.45, 7) is 3.51. The van der Waals surface area contributed by atoms with Crippen LogP contribution in [-0.2, 0) is 4.79 Å². The van der Waals surface area contributed by atoms with Gasteiger partial charge in [0.1, 0.15) is 0 Å². The Morgan fingerprint density at radius 1 is 1.35 bits per heavy atom. The summed E-state index contributed by atoms with van der Waals surface area (Å²) < 4.78 is 0. The van der Waals surface area contributed by atoms with Crippen LogP contribution in [0.3, 0.4) is 0 Å². The summed E-state index contributed by atoms with van der Waals surface area (Å²) in [6, 6.07) is 7.04. The van der Waals surface area contributed by atoms with Crippen molar-refractivity contribution in [1.29, 1.82) is 0 Å². The predicted octanol–water partition coefficient (Wildman–Crippen LogP) is 1.33. The molecule has 20 heavy (non-hydrogen) atoms. The zero-order valence-corrected chi connectivity index (χ0v) is 12.2. The van der Waals surface area contributed by atoms with E-state index in [2.05, 4.69) is 10.6 Å². The van der Waals surface area contributed by atoms with Crippen LogP contribution in [0.15, 0.2) is 24.3 Å². The van der Waals surface area contributed by atoms with Gasteiger partial charge in [-0.2, -0.15) is 0 Å². The van der Waals surface area contributed by atoms with Gasteiger partial charge in [-0.25, -0.2) is 0 Å². The van der Waals surface area contributed by atoms with Gasteiger partial charge < -0.3 is 15.5 Å². The van der Waals surface area contributed by atoms with Gasteiger partial charge in [0.05, 0.1) is 5.41 Å². The molecule has 0 radical (unpaired) electrons. The molecule has 2 N–H and O–H groups in total. The van der Waals surface area contributed by atoms with Gasteiger partial charge in [0, 0.05) is 31.9 Å². The van der Waals surface area contributed by atoms with Gasteiger partial charge >= 0.3 is 0 Å². The number of nitrogens with zero attached hydrogens (tertiary/aromatic N) is 1. The Bertz CT molecular complexity index is 520. The molecular formula is C15H21N3O2. The maximum Gasteiger partial charge on any atom is 0.253 e. The average Bonchev–Trinajstić information content (AvgIpc) is 2.86. The van der Waals surface area contributed by atoms with Gasteiger partial charge in [-0.3, -0.25) is 9.59 Å². The molecule has 2 amide bonds. The lowest BCUT2D eigenvalue weighted by atomic mass is 9.88. The van der Waals surface area contributed by atoms with Crippen molar-refractivity contribution in [3.05, 3.63) is 29.8 Å². The van der Waals surface area contributed by atoms with Crippen LogP contribution in [0.1, 0.15) is 23.7 Å². The fourth-order valence-electron chi connectivity index (χ4n) is 2.28. The summed E-state index contributed by atoms with van der Waals surface area (Å²) in [5, 5.41) is 6.11. The molecule has 1 aliphatic rings. The number of anilines is 1. The lowest BCUT2D eigenvalue weighted by Gasteiger charge is -2.21. The second kappa shape index (κ2) is 5.63. The maximum absolute atomic E-state index is 12.3. The van der Waals surface area contributed by atoms with Crippen LogP contribution in [-0.4, -0.2) is 43.9 Å². The van der Waals surface area contributed by atoms with Crippen molar-refractivity contribution in [2.24, 2.45) is 5.41 Å². The second-order valence-electron chi connectivity index (χ2n) is 5.72. The molecule has 5 nitrogen and oxygen atoms in total. The smallest absolute Gasteiger partial charge is 0.253 e. The number of benzene rings is 1. The monoisotopic (exact) mass is 275 g/mol. The normalized spacial score (nSPS) is 21.6. The van der Waals surface area contributed by atoms with Crippen molar-refractivity contribution >= 4 is 17.5 Å². The van der Waals surface area contributed by atoms with E-state index in [0.29, 0.717) is 17.8 Å². The lowest BCUT2D eigenvalue weighted by molar-refractivity contribution is -0.123. The molecule has 1 aromatic carbocycles. The van der Waals surface area contributed by atoms with Crippen molar-refractivity contribution < 1.29 is 9.59 Å². The van der Waals surface area contributed by atoms with Gasteiger partial charge in [0.15, 0.2) is 0 Å². The Balaban J connectivity index is 2.12. The van der Waals surface area contributed by atoms with Gasteiger partial charge in [0.2, 0.25) is 5.91 Å². The molecule has 0 saturated carbocycles. The Labute approximate surface area is 119 Å². The van der Waals surface area contributed by atoms with E-state index < -0.39 is 0 Å². The first-order valence-corrected chi connectivity index (χ1v) is 6.76. The highest BCUT2D eigenvalue weighted by molar-refractivity contribution is 5.98. The predicted molar refractivity (Wildman–Crippen MR) is 78.7 cm³/mol. The fourth-order valence-corrected chi connectivity index (χ4v) is 2.28. The third kappa shape index (κ3) is 2.99. The quantitative estimate of drug-likeness (QED) is 0.875. The van der Waals surface area contributed by atoms with Crippen LogP contribution in [0.5, 0.6) is 0 Å². The number of carbonyl (C=O) groups excluding carboxylic acids is 2. The minimum atomic E-state index is -0.373. The van der Waals surface area contributed by atoms with Crippen LogP contribution in [0.2, 0.25) is 0 Å². The summed E-state index contributed by atoms with van der Waals surface area (Å²) in [6.07, 6.45) is 0.829. The van der Waals surface area contributed by atoms with Crippen molar-refractivity contribution in [1.82, 2.24) is 10.2 Å². The summed E-state index contributed by atoms with van der Waals surface area (Å²) in [5.41, 5.74) is 0.861. The maximum atomic E-state index is 12.3. The van der Waals surface area contributed by atoms with Gasteiger partial charge in [-0.1, -0.05) is 6.07 Å². The van der Waals surface area contributed by atoms with E-state index in [-0.39, 0.29) is 17.2 Å². The van der Waals surface area contributed by atoms with Crippen LogP contribution < -0.4 is 10.6 Å². The van der Waals surface area contributed by atoms with E-state index in [4.69, 9.17) is 0 Å². The molecule has 0 spiro atoms. The third-order valence-electron chi connectivity index (χ3n) is 3.69. The van der Waals surface area contributed by atoms with E-state index in [1.54, 1.807) is 38.4 Å². The Hall–Kier alpha value is -1.88. The largest absolute Gasteiger partial charge is 0.345 e. The van der Waals surface area contributed by atoms with Gasteiger partial charge in [0.25, 0.3) is 5.91 Å². The third-order valence-corrected chi connectivity index (χ3v) is 3.69. The number of amides is 2. The first-order valence-electron chi connectivity index (χ1n) is 6.76. The van der Waals surface area contributed by atoms with Crippen molar-refractivity contribution in [3.8, 4) is 0 Å².